The minimum atomic E-state index is -0.334. The average Bonchev–Trinajstić information content (AvgIpc) is 2.75. The molecule has 19 heavy (non-hydrogen) atoms. The van der Waals surface area contributed by atoms with E-state index in [0.29, 0.717) is 5.92 Å². The van der Waals surface area contributed by atoms with Gasteiger partial charge in [-0.15, -0.1) is 0 Å². The third kappa shape index (κ3) is 2.73. The molecule has 2 rings (SSSR count). The summed E-state index contributed by atoms with van der Waals surface area (Å²) in [4.78, 5) is 11.4. The second-order valence-electron chi connectivity index (χ2n) is 5.11. The van der Waals surface area contributed by atoms with Crippen LogP contribution in [-0.4, -0.2) is 31.3 Å². The fourth-order valence-corrected chi connectivity index (χ4v) is 2.66. The first kappa shape index (κ1) is 13.9. The highest BCUT2D eigenvalue weighted by molar-refractivity contribution is 5.75. The summed E-state index contributed by atoms with van der Waals surface area (Å²) >= 11 is 0. The molecule has 1 N–H and O–H groups in total. The maximum Gasteiger partial charge on any atom is 0.322 e. The molecule has 0 spiro atoms. The van der Waals surface area contributed by atoms with Gasteiger partial charge in [0.25, 0.3) is 0 Å². The number of nitrogens with one attached hydrogen (secondary N) is 1. The third-order valence-corrected chi connectivity index (χ3v) is 3.73. The van der Waals surface area contributed by atoms with Gasteiger partial charge in [0, 0.05) is 17.5 Å². The van der Waals surface area contributed by atoms with E-state index in [9.17, 15) is 4.79 Å². The van der Waals surface area contributed by atoms with E-state index < -0.39 is 0 Å². The van der Waals surface area contributed by atoms with Crippen LogP contribution in [0.4, 0.5) is 0 Å². The number of rotatable bonds is 4. The average molecular weight is 263 g/mol. The molecule has 104 valence electrons. The van der Waals surface area contributed by atoms with Crippen molar-refractivity contribution in [2.45, 2.75) is 44.9 Å². The Morgan fingerprint density at radius 1 is 1.37 bits per heavy atom. The predicted molar refractivity (Wildman–Crippen MR) is 73.3 cm³/mol. The molecule has 0 amide bonds. The zero-order valence-corrected chi connectivity index (χ0v) is 11.8. The number of esters is 1. The van der Waals surface area contributed by atoms with Crippen molar-refractivity contribution >= 4 is 5.97 Å². The van der Waals surface area contributed by atoms with Gasteiger partial charge < -0.3 is 9.47 Å². The molecule has 1 aliphatic rings. The van der Waals surface area contributed by atoms with Gasteiger partial charge in [-0.1, -0.05) is 25.1 Å². The molecule has 0 aliphatic carbocycles. The fraction of sp³-hybridized carbons (Fsp3) is 0.533. The molecule has 4 atom stereocenters. The second-order valence-corrected chi connectivity index (χ2v) is 5.11. The molecule has 0 saturated carbocycles. The minimum absolute atomic E-state index is 0.0320. The van der Waals surface area contributed by atoms with Crippen LogP contribution in [-0.2, 0) is 9.53 Å². The topological polar surface area (TPSA) is 47.6 Å². The number of carbonyl (C=O) groups excluding carboxylic acids is 1. The molecule has 4 nitrogen and oxygen atoms in total. The smallest absolute Gasteiger partial charge is 0.322 e. The van der Waals surface area contributed by atoms with Crippen LogP contribution < -0.4 is 10.1 Å². The van der Waals surface area contributed by atoms with E-state index in [1.54, 1.807) is 6.92 Å². The summed E-state index contributed by atoms with van der Waals surface area (Å²) in [5, 5.41) is 3.24. The SMILES string of the molecule is COC(=O)[C@H](C)N[C@H](C)[C@@H]1Oc2ccccc2[C@@H]1C. The first-order valence-corrected chi connectivity index (χ1v) is 6.64. The zero-order valence-electron chi connectivity index (χ0n) is 11.8. The van der Waals surface area contributed by atoms with Gasteiger partial charge in [-0.2, -0.15) is 0 Å². The molecule has 0 saturated heterocycles. The molecule has 1 aliphatic heterocycles. The lowest BCUT2D eigenvalue weighted by molar-refractivity contribution is -0.143. The molecule has 0 unspecified atom stereocenters. The normalized spacial score (nSPS) is 24.2. The van der Waals surface area contributed by atoms with Gasteiger partial charge in [-0.25, -0.2) is 0 Å². The van der Waals surface area contributed by atoms with Crippen molar-refractivity contribution in [3.8, 4) is 5.75 Å². The minimum Gasteiger partial charge on any atom is -0.488 e. The molecule has 1 aromatic carbocycles. The van der Waals surface area contributed by atoms with Gasteiger partial charge >= 0.3 is 5.97 Å². The molecule has 0 radical (unpaired) electrons. The standard InChI is InChI=1S/C15H21NO3/c1-9-12-7-5-6-8-13(12)19-14(9)10(2)16-11(3)15(17)18-4/h5-11,14,16H,1-4H3/t9-,10+,11-,14+/m0/s1. The van der Waals surface area contributed by atoms with E-state index in [-0.39, 0.29) is 24.2 Å². The van der Waals surface area contributed by atoms with E-state index >= 15 is 0 Å². The Morgan fingerprint density at radius 3 is 2.68 bits per heavy atom. The highest BCUT2D eigenvalue weighted by Gasteiger charge is 2.35. The Labute approximate surface area is 114 Å². The lowest BCUT2D eigenvalue weighted by atomic mass is 9.93. The number of benzene rings is 1. The third-order valence-electron chi connectivity index (χ3n) is 3.73. The molecule has 1 aromatic rings. The van der Waals surface area contributed by atoms with Crippen molar-refractivity contribution in [1.29, 1.82) is 0 Å². The van der Waals surface area contributed by atoms with E-state index in [0.717, 1.165) is 5.75 Å². The van der Waals surface area contributed by atoms with Crippen LogP contribution >= 0.6 is 0 Å². The Hall–Kier alpha value is -1.55. The van der Waals surface area contributed by atoms with E-state index in [2.05, 4.69) is 18.3 Å². The van der Waals surface area contributed by atoms with Crippen LogP contribution in [0.15, 0.2) is 24.3 Å². The second kappa shape index (κ2) is 5.61. The van der Waals surface area contributed by atoms with Gasteiger partial charge in [-0.3, -0.25) is 10.1 Å². The summed E-state index contributed by atoms with van der Waals surface area (Å²) in [6, 6.07) is 7.81. The number of carbonyl (C=O) groups is 1. The molecule has 4 heteroatoms. The van der Waals surface area contributed by atoms with Crippen LogP contribution in [0.2, 0.25) is 0 Å². The van der Waals surface area contributed by atoms with Crippen molar-refractivity contribution in [3.05, 3.63) is 29.8 Å². The van der Waals surface area contributed by atoms with Crippen molar-refractivity contribution in [1.82, 2.24) is 5.32 Å². The van der Waals surface area contributed by atoms with Crippen molar-refractivity contribution in [2.24, 2.45) is 0 Å². The quantitative estimate of drug-likeness (QED) is 0.845. The number of para-hydroxylation sites is 1. The summed E-state index contributed by atoms with van der Waals surface area (Å²) < 4.78 is 10.7. The van der Waals surface area contributed by atoms with Crippen LogP contribution in [0.25, 0.3) is 0 Å². The van der Waals surface area contributed by atoms with Gasteiger partial charge in [0.1, 0.15) is 17.9 Å². The fourth-order valence-electron chi connectivity index (χ4n) is 2.66. The Morgan fingerprint density at radius 2 is 2.05 bits per heavy atom. The Balaban J connectivity index is 2.03. The Bertz CT molecular complexity index is 460. The number of hydrogen-bond acceptors (Lipinski definition) is 4. The van der Waals surface area contributed by atoms with E-state index in [1.807, 2.05) is 25.1 Å². The van der Waals surface area contributed by atoms with Gasteiger partial charge in [0.05, 0.1) is 7.11 Å². The van der Waals surface area contributed by atoms with Crippen molar-refractivity contribution < 1.29 is 14.3 Å². The highest BCUT2D eigenvalue weighted by Crippen LogP contribution is 2.38. The maximum absolute atomic E-state index is 11.4. The zero-order chi connectivity index (χ0) is 14.0. The lowest BCUT2D eigenvalue weighted by Crippen LogP contribution is -2.48. The number of fused-ring (bicyclic) bond motifs is 1. The van der Waals surface area contributed by atoms with E-state index in [1.165, 1.54) is 12.7 Å². The molecule has 0 bridgehead atoms. The molecular weight excluding hydrogens is 242 g/mol. The molecule has 1 heterocycles. The maximum atomic E-state index is 11.4. The summed E-state index contributed by atoms with van der Waals surface area (Å²) in [6.07, 6.45) is 0.0320. The monoisotopic (exact) mass is 263 g/mol. The Kier molecular flexibility index (Phi) is 4.10. The summed E-state index contributed by atoms with van der Waals surface area (Å²) in [6.45, 7) is 5.99. The first-order chi connectivity index (χ1) is 9.04. The van der Waals surface area contributed by atoms with E-state index in [4.69, 9.17) is 9.47 Å². The predicted octanol–water partition coefficient (Wildman–Crippen LogP) is 2.09. The van der Waals surface area contributed by atoms with Crippen LogP contribution in [0.3, 0.4) is 0 Å². The highest BCUT2D eigenvalue weighted by atomic mass is 16.5. The van der Waals surface area contributed by atoms with Crippen LogP contribution in [0, 0.1) is 0 Å². The van der Waals surface area contributed by atoms with Crippen LogP contribution in [0.5, 0.6) is 5.75 Å². The number of methoxy groups -OCH3 is 1. The summed E-state index contributed by atoms with van der Waals surface area (Å²) in [5.41, 5.74) is 1.23. The van der Waals surface area contributed by atoms with Crippen molar-refractivity contribution in [3.63, 3.8) is 0 Å². The summed E-state index contributed by atoms with van der Waals surface area (Å²) in [7, 11) is 1.40. The van der Waals surface area contributed by atoms with Gasteiger partial charge in [0.2, 0.25) is 0 Å². The molecule has 0 aromatic heterocycles. The van der Waals surface area contributed by atoms with Crippen LogP contribution in [0.1, 0.15) is 32.3 Å². The number of hydrogen-bond donors (Lipinski definition) is 1. The summed E-state index contributed by atoms with van der Waals surface area (Å²) in [5.74, 6) is 0.998. The number of ether oxygens (including phenoxy) is 2. The molecule has 0 fully saturated rings. The van der Waals surface area contributed by atoms with Gasteiger partial charge in [-0.05, 0) is 19.9 Å². The largest absolute Gasteiger partial charge is 0.488 e. The lowest BCUT2D eigenvalue weighted by Gasteiger charge is -2.26. The molecular formula is C15H21NO3. The van der Waals surface area contributed by atoms with Crippen molar-refractivity contribution in [2.75, 3.05) is 7.11 Å². The first-order valence-electron chi connectivity index (χ1n) is 6.64. The van der Waals surface area contributed by atoms with Gasteiger partial charge in [0.15, 0.2) is 0 Å².